The molecule has 0 saturated carbocycles. The summed E-state index contributed by atoms with van der Waals surface area (Å²) in [6.45, 7) is 4.92. The molecular weight excluding hydrogens is 304 g/mol. The third kappa shape index (κ3) is 3.30. The van der Waals surface area contributed by atoms with Gasteiger partial charge in [0.15, 0.2) is 0 Å². The van der Waals surface area contributed by atoms with Crippen molar-refractivity contribution < 1.29 is 14.6 Å². The number of methoxy groups -OCH3 is 1. The summed E-state index contributed by atoms with van der Waals surface area (Å²) in [5.41, 5.74) is 2.74. The molecule has 1 aliphatic rings. The summed E-state index contributed by atoms with van der Waals surface area (Å²) in [6, 6.07) is 13.2. The quantitative estimate of drug-likeness (QED) is 0.942. The Bertz CT molecular complexity index is 737. The molecule has 2 aromatic rings. The molecule has 1 saturated heterocycles. The molecule has 0 unspecified atom stereocenters. The lowest BCUT2D eigenvalue weighted by Gasteiger charge is -2.36. The zero-order chi connectivity index (χ0) is 17.1. The van der Waals surface area contributed by atoms with E-state index < -0.39 is 0 Å². The largest absolute Gasteiger partial charge is 0.507 e. The molecule has 1 aliphatic heterocycles. The number of aromatic hydroxyl groups is 1. The highest BCUT2D eigenvalue weighted by molar-refractivity contribution is 5.97. The highest BCUT2D eigenvalue weighted by atomic mass is 16.5. The lowest BCUT2D eigenvalue weighted by atomic mass is 10.1. The van der Waals surface area contributed by atoms with Gasteiger partial charge in [-0.05, 0) is 36.8 Å². The SMILES string of the molecule is COc1ccc(C(=O)N2CCN(c3cccc(C)c3)CC2)c(O)c1. The third-order valence-corrected chi connectivity index (χ3v) is 4.37. The Labute approximate surface area is 142 Å². The van der Waals surface area contributed by atoms with Gasteiger partial charge in [-0.25, -0.2) is 0 Å². The maximum atomic E-state index is 12.6. The smallest absolute Gasteiger partial charge is 0.257 e. The molecule has 1 heterocycles. The maximum Gasteiger partial charge on any atom is 0.257 e. The number of ether oxygens (including phenoxy) is 1. The molecule has 3 rings (SSSR count). The van der Waals surface area contributed by atoms with Gasteiger partial charge in [-0.15, -0.1) is 0 Å². The van der Waals surface area contributed by atoms with E-state index in [0.29, 0.717) is 24.4 Å². The van der Waals surface area contributed by atoms with Crippen molar-refractivity contribution in [1.29, 1.82) is 0 Å². The number of carbonyl (C=O) groups excluding carboxylic acids is 1. The molecule has 126 valence electrons. The van der Waals surface area contributed by atoms with E-state index in [0.717, 1.165) is 13.1 Å². The molecule has 5 nitrogen and oxygen atoms in total. The first kappa shape index (κ1) is 16.2. The molecule has 0 radical (unpaired) electrons. The number of rotatable bonds is 3. The van der Waals surface area contributed by atoms with E-state index >= 15 is 0 Å². The predicted molar refractivity (Wildman–Crippen MR) is 94.0 cm³/mol. The number of carbonyl (C=O) groups is 1. The van der Waals surface area contributed by atoms with Gasteiger partial charge in [0.2, 0.25) is 0 Å². The highest BCUT2D eigenvalue weighted by Gasteiger charge is 2.24. The Balaban J connectivity index is 1.67. The molecular formula is C19H22N2O3. The predicted octanol–water partition coefficient (Wildman–Crippen LogP) is 2.67. The molecule has 1 amide bonds. The van der Waals surface area contributed by atoms with Crippen molar-refractivity contribution >= 4 is 11.6 Å². The first-order valence-electron chi connectivity index (χ1n) is 8.06. The fraction of sp³-hybridized carbons (Fsp3) is 0.316. The number of nitrogens with zero attached hydrogens (tertiary/aromatic N) is 2. The Morgan fingerprint density at radius 1 is 1.08 bits per heavy atom. The number of aryl methyl sites for hydroxylation is 1. The van der Waals surface area contributed by atoms with Crippen LogP contribution in [0, 0.1) is 6.92 Å². The van der Waals surface area contributed by atoms with Gasteiger partial charge in [0.05, 0.1) is 12.7 Å². The average molecular weight is 326 g/mol. The standard InChI is InChI=1S/C19H22N2O3/c1-14-4-3-5-15(12-14)20-8-10-21(11-9-20)19(23)17-7-6-16(24-2)13-18(17)22/h3-7,12-13,22H,8-11H2,1-2H3. The molecule has 0 aromatic heterocycles. The Morgan fingerprint density at radius 2 is 1.83 bits per heavy atom. The van der Waals surface area contributed by atoms with Crippen LogP contribution in [0.1, 0.15) is 15.9 Å². The van der Waals surface area contributed by atoms with Gasteiger partial charge in [0.1, 0.15) is 11.5 Å². The molecule has 2 aromatic carbocycles. The molecule has 24 heavy (non-hydrogen) atoms. The summed E-state index contributed by atoms with van der Waals surface area (Å²) in [5, 5.41) is 10.0. The van der Waals surface area contributed by atoms with Crippen LogP contribution in [0.2, 0.25) is 0 Å². The summed E-state index contributed by atoms with van der Waals surface area (Å²) < 4.78 is 5.06. The van der Waals surface area contributed by atoms with Crippen molar-refractivity contribution in [3.05, 3.63) is 53.6 Å². The van der Waals surface area contributed by atoms with Gasteiger partial charge < -0.3 is 19.6 Å². The summed E-state index contributed by atoms with van der Waals surface area (Å²) in [6.07, 6.45) is 0. The monoisotopic (exact) mass is 326 g/mol. The zero-order valence-corrected chi connectivity index (χ0v) is 14.0. The maximum absolute atomic E-state index is 12.6. The lowest BCUT2D eigenvalue weighted by molar-refractivity contribution is 0.0743. The first-order valence-corrected chi connectivity index (χ1v) is 8.06. The van der Waals surface area contributed by atoms with Gasteiger partial charge in [-0.1, -0.05) is 12.1 Å². The number of phenols is 1. The minimum absolute atomic E-state index is 0.0412. The fourth-order valence-electron chi connectivity index (χ4n) is 2.98. The van der Waals surface area contributed by atoms with Crippen LogP contribution in [0.4, 0.5) is 5.69 Å². The molecule has 0 spiro atoms. The van der Waals surface area contributed by atoms with E-state index in [1.165, 1.54) is 24.4 Å². The Hall–Kier alpha value is -2.69. The normalized spacial score (nSPS) is 14.6. The van der Waals surface area contributed by atoms with E-state index in [1.807, 2.05) is 0 Å². The van der Waals surface area contributed by atoms with Crippen molar-refractivity contribution in [2.75, 3.05) is 38.2 Å². The summed E-state index contributed by atoms with van der Waals surface area (Å²) in [4.78, 5) is 16.7. The van der Waals surface area contributed by atoms with Gasteiger partial charge in [0.25, 0.3) is 5.91 Å². The van der Waals surface area contributed by atoms with E-state index in [-0.39, 0.29) is 11.7 Å². The number of amides is 1. The van der Waals surface area contributed by atoms with Crippen LogP contribution < -0.4 is 9.64 Å². The second-order valence-corrected chi connectivity index (χ2v) is 6.00. The van der Waals surface area contributed by atoms with Crippen LogP contribution in [0.25, 0.3) is 0 Å². The summed E-state index contributed by atoms with van der Waals surface area (Å²) >= 11 is 0. The van der Waals surface area contributed by atoms with Crippen molar-refractivity contribution in [1.82, 2.24) is 4.90 Å². The number of anilines is 1. The van der Waals surface area contributed by atoms with Crippen LogP contribution in [-0.2, 0) is 0 Å². The molecule has 0 aliphatic carbocycles. The van der Waals surface area contributed by atoms with Crippen molar-refractivity contribution in [3.8, 4) is 11.5 Å². The minimum atomic E-state index is -0.140. The molecule has 1 fully saturated rings. The van der Waals surface area contributed by atoms with Crippen LogP contribution >= 0.6 is 0 Å². The second-order valence-electron chi connectivity index (χ2n) is 6.00. The molecule has 5 heteroatoms. The fourth-order valence-corrected chi connectivity index (χ4v) is 2.98. The van der Waals surface area contributed by atoms with Gasteiger partial charge in [-0.2, -0.15) is 0 Å². The van der Waals surface area contributed by atoms with Gasteiger partial charge in [-0.3, -0.25) is 4.79 Å². The average Bonchev–Trinajstić information content (AvgIpc) is 2.61. The number of piperazine rings is 1. The zero-order valence-electron chi connectivity index (χ0n) is 14.0. The number of hydrogen-bond donors (Lipinski definition) is 1. The summed E-state index contributed by atoms with van der Waals surface area (Å²) in [7, 11) is 1.53. The topological polar surface area (TPSA) is 53.0 Å². The number of phenolic OH excluding ortho intramolecular Hbond substituents is 1. The molecule has 0 atom stereocenters. The molecule has 0 bridgehead atoms. The Kier molecular flexibility index (Phi) is 4.60. The summed E-state index contributed by atoms with van der Waals surface area (Å²) in [5.74, 6) is 0.354. The van der Waals surface area contributed by atoms with Crippen LogP contribution in [0.15, 0.2) is 42.5 Å². The lowest BCUT2D eigenvalue weighted by Crippen LogP contribution is -2.48. The first-order chi connectivity index (χ1) is 11.6. The minimum Gasteiger partial charge on any atom is -0.507 e. The van der Waals surface area contributed by atoms with Gasteiger partial charge >= 0.3 is 0 Å². The number of benzene rings is 2. The van der Waals surface area contributed by atoms with E-state index in [9.17, 15) is 9.90 Å². The molecule has 1 N–H and O–H groups in total. The van der Waals surface area contributed by atoms with Crippen LogP contribution in [0.5, 0.6) is 11.5 Å². The van der Waals surface area contributed by atoms with E-state index in [1.54, 1.807) is 17.0 Å². The number of hydrogen-bond acceptors (Lipinski definition) is 4. The van der Waals surface area contributed by atoms with Crippen molar-refractivity contribution in [3.63, 3.8) is 0 Å². The van der Waals surface area contributed by atoms with E-state index in [2.05, 4.69) is 36.1 Å². The highest BCUT2D eigenvalue weighted by Crippen LogP contribution is 2.25. The van der Waals surface area contributed by atoms with Gasteiger partial charge in [0, 0.05) is 37.9 Å². The third-order valence-electron chi connectivity index (χ3n) is 4.37. The van der Waals surface area contributed by atoms with Crippen molar-refractivity contribution in [2.45, 2.75) is 6.92 Å². The van der Waals surface area contributed by atoms with Crippen molar-refractivity contribution in [2.24, 2.45) is 0 Å². The second kappa shape index (κ2) is 6.83. The van der Waals surface area contributed by atoms with E-state index in [4.69, 9.17) is 4.74 Å². The van der Waals surface area contributed by atoms with Crippen LogP contribution in [0.3, 0.4) is 0 Å². The van der Waals surface area contributed by atoms with Crippen LogP contribution in [-0.4, -0.2) is 49.2 Å². The Morgan fingerprint density at radius 3 is 2.46 bits per heavy atom.